The number of hydrogen-bond acceptors (Lipinski definition) is 3. The fourth-order valence-corrected chi connectivity index (χ4v) is 1.50. The normalized spacial score (nSPS) is 9.89. The number of alkyl halides is 2. The minimum atomic E-state index is -0.981. The Bertz CT molecular complexity index is 293. The maximum absolute atomic E-state index is 10.2. The van der Waals surface area contributed by atoms with Crippen LogP contribution >= 0.6 is 31.9 Å². The monoisotopic (exact) mass is 388 g/mol. The summed E-state index contributed by atoms with van der Waals surface area (Å²) in [5.74, 6) is -2.76. The highest BCUT2D eigenvalue weighted by Crippen LogP contribution is 2.36. The maximum atomic E-state index is 10.2. The van der Waals surface area contributed by atoms with Crippen LogP contribution in [-0.4, -0.2) is 36.5 Å². The molecule has 0 aliphatic carbocycles. The third-order valence-corrected chi connectivity index (χ3v) is 3.17. The first-order chi connectivity index (χ1) is 8.10. The van der Waals surface area contributed by atoms with E-state index in [0.717, 1.165) is 6.08 Å². The van der Waals surface area contributed by atoms with Crippen LogP contribution in [0.5, 0.6) is 0 Å². The van der Waals surface area contributed by atoms with Crippen molar-refractivity contribution >= 4 is 49.8 Å². The van der Waals surface area contributed by atoms with Crippen molar-refractivity contribution in [2.75, 3.05) is 0 Å². The molecule has 0 radical (unpaired) electrons. The lowest BCUT2D eigenvalue weighted by molar-refractivity contribution is -0.137. The SMILES string of the molecule is C=CC(=O)O.O=C(O)CCC(Br)(Br)CCC(=O)O. The molecule has 0 aromatic rings. The van der Waals surface area contributed by atoms with Gasteiger partial charge in [0.1, 0.15) is 0 Å². The van der Waals surface area contributed by atoms with Gasteiger partial charge in [0.05, 0.1) is 3.23 Å². The van der Waals surface area contributed by atoms with Gasteiger partial charge in [-0.25, -0.2) is 4.79 Å². The van der Waals surface area contributed by atoms with Crippen molar-refractivity contribution in [1.82, 2.24) is 0 Å². The van der Waals surface area contributed by atoms with Gasteiger partial charge in [-0.3, -0.25) is 9.59 Å². The van der Waals surface area contributed by atoms with Crippen molar-refractivity contribution in [1.29, 1.82) is 0 Å². The van der Waals surface area contributed by atoms with E-state index in [1.807, 2.05) is 0 Å². The summed E-state index contributed by atoms with van der Waals surface area (Å²) in [5.41, 5.74) is 0. The van der Waals surface area contributed by atoms with Gasteiger partial charge in [0.2, 0.25) is 0 Å². The zero-order valence-electron chi connectivity index (χ0n) is 9.44. The summed E-state index contributed by atoms with van der Waals surface area (Å²) in [7, 11) is 0. The second-order valence-corrected chi connectivity index (χ2v) is 7.29. The first-order valence-corrected chi connectivity index (χ1v) is 6.36. The van der Waals surface area contributed by atoms with Crippen molar-refractivity contribution in [3.8, 4) is 0 Å². The van der Waals surface area contributed by atoms with Crippen LogP contribution in [0.15, 0.2) is 12.7 Å². The third-order valence-electron chi connectivity index (χ3n) is 1.58. The van der Waals surface area contributed by atoms with Gasteiger partial charge < -0.3 is 15.3 Å². The van der Waals surface area contributed by atoms with E-state index in [2.05, 4.69) is 38.4 Å². The Morgan fingerprint density at radius 2 is 1.28 bits per heavy atom. The Kier molecular flexibility index (Phi) is 10.9. The van der Waals surface area contributed by atoms with Crippen molar-refractivity contribution in [2.45, 2.75) is 28.9 Å². The van der Waals surface area contributed by atoms with E-state index >= 15 is 0 Å². The number of halogens is 2. The molecule has 0 spiro atoms. The van der Waals surface area contributed by atoms with Gasteiger partial charge >= 0.3 is 17.9 Å². The minimum absolute atomic E-state index is 0.0100. The standard InChI is InChI=1S/C7H10Br2O4.C3H4O2/c8-7(9,3-1-5(10)11)4-2-6(12)13;1-2-3(4)5/h1-4H2,(H,10,11)(H,12,13);2H,1H2,(H,4,5). The first kappa shape index (κ1) is 19.4. The molecule has 0 saturated heterocycles. The molecule has 0 unspecified atom stereocenters. The molecular weight excluding hydrogens is 376 g/mol. The highest BCUT2D eigenvalue weighted by Gasteiger charge is 2.24. The summed E-state index contributed by atoms with van der Waals surface area (Å²) in [6.07, 6.45) is 1.57. The Hall–Kier alpha value is -0.890. The molecule has 0 aliphatic heterocycles. The Balaban J connectivity index is 0. The maximum Gasteiger partial charge on any atom is 0.327 e. The zero-order valence-corrected chi connectivity index (χ0v) is 12.6. The third kappa shape index (κ3) is 17.5. The van der Waals surface area contributed by atoms with Gasteiger partial charge in [0.25, 0.3) is 0 Å². The molecule has 0 atom stereocenters. The van der Waals surface area contributed by atoms with E-state index in [1.165, 1.54) is 0 Å². The van der Waals surface area contributed by atoms with Gasteiger partial charge in [-0.15, -0.1) is 0 Å². The molecule has 18 heavy (non-hydrogen) atoms. The Morgan fingerprint density at radius 3 is 1.44 bits per heavy atom. The predicted octanol–water partition coefficient (Wildman–Crippen LogP) is 2.46. The highest BCUT2D eigenvalue weighted by molar-refractivity contribution is 9.25. The molecule has 6 nitrogen and oxygen atoms in total. The molecule has 104 valence electrons. The van der Waals surface area contributed by atoms with Crippen molar-refractivity contribution in [3.05, 3.63) is 12.7 Å². The number of carbonyl (C=O) groups is 3. The van der Waals surface area contributed by atoms with E-state index in [4.69, 9.17) is 15.3 Å². The molecule has 0 aliphatic rings. The lowest BCUT2D eigenvalue weighted by atomic mass is 10.1. The summed E-state index contributed by atoms with van der Waals surface area (Å²) in [5, 5.41) is 24.4. The number of carboxylic acids is 3. The van der Waals surface area contributed by atoms with E-state index in [9.17, 15) is 14.4 Å². The van der Waals surface area contributed by atoms with Gasteiger partial charge in [-0.05, 0) is 12.8 Å². The Morgan fingerprint density at radius 1 is 1.00 bits per heavy atom. The molecule has 0 heterocycles. The molecule has 0 bridgehead atoms. The molecule has 8 heteroatoms. The van der Waals surface area contributed by atoms with Gasteiger partial charge in [-0.1, -0.05) is 38.4 Å². The highest BCUT2D eigenvalue weighted by atomic mass is 79.9. The predicted molar refractivity (Wildman–Crippen MR) is 72.2 cm³/mol. The van der Waals surface area contributed by atoms with E-state index in [0.29, 0.717) is 12.8 Å². The summed E-state index contributed by atoms with van der Waals surface area (Å²) in [6, 6.07) is 0. The van der Waals surface area contributed by atoms with Crippen LogP contribution in [0, 0.1) is 0 Å². The number of rotatable bonds is 7. The van der Waals surface area contributed by atoms with Crippen LogP contribution in [0.25, 0.3) is 0 Å². The van der Waals surface area contributed by atoms with Crippen LogP contribution in [-0.2, 0) is 14.4 Å². The Labute approximate surface area is 121 Å². The lowest BCUT2D eigenvalue weighted by Crippen LogP contribution is -2.15. The number of hydrogen-bond donors (Lipinski definition) is 3. The second kappa shape index (κ2) is 10.1. The average Bonchev–Trinajstić information content (AvgIpc) is 2.25. The van der Waals surface area contributed by atoms with Crippen LogP contribution in [0.2, 0.25) is 0 Å². The molecule has 0 fully saturated rings. The van der Waals surface area contributed by atoms with Gasteiger partial charge in [-0.2, -0.15) is 0 Å². The molecule has 0 aromatic carbocycles. The molecule has 0 saturated carbocycles. The van der Waals surface area contributed by atoms with Crippen molar-refractivity contribution in [3.63, 3.8) is 0 Å². The quantitative estimate of drug-likeness (QED) is 0.455. The summed E-state index contributed by atoms with van der Waals surface area (Å²) < 4.78 is -0.573. The van der Waals surface area contributed by atoms with Crippen LogP contribution < -0.4 is 0 Å². The van der Waals surface area contributed by atoms with E-state index in [1.54, 1.807) is 0 Å². The summed E-state index contributed by atoms with van der Waals surface area (Å²) in [6.45, 7) is 2.96. The van der Waals surface area contributed by atoms with Crippen molar-refractivity contribution < 1.29 is 29.7 Å². The van der Waals surface area contributed by atoms with Crippen LogP contribution in [0.1, 0.15) is 25.7 Å². The largest absolute Gasteiger partial charge is 0.481 e. The smallest absolute Gasteiger partial charge is 0.327 e. The average molecular weight is 390 g/mol. The fourth-order valence-electron chi connectivity index (χ4n) is 0.705. The molecule has 3 N–H and O–H groups in total. The first-order valence-electron chi connectivity index (χ1n) is 4.77. The van der Waals surface area contributed by atoms with E-state index in [-0.39, 0.29) is 12.8 Å². The van der Waals surface area contributed by atoms with Gasteiger partial charge in [0.15, 0.2) is 0 Å². The molecule has 0 amide bonds. The summed E-state index contributed by atoms with van der Waals surface area (Å²) >= 11 is 6.46. The number of aliphatic carboxylic acids is 3. The fraction of sp³-hybridized carbons (Fsp3) is 0.500. The zero-order chi connectivity index (χ0) is 14.8. The van der Waals surface area contributed by atoms with Gasteiger partial charge in [0, 0.05) is 18.9 Å². The topological polar surface area (TPSA) is 112 Å². The minimum Gasteiger partial charge on any atom is -0.481 e. The number of carboxylic acid groups (broad SMARTS) is 3. The summed E-state index contributed by atoms with van der Waals surface area (Å²) in [4.78, 5) is 29.7. The van der Waals surface area contributed by atoms with Crippen molar-refractivity contribution in [2.24, 2.45) is 0 Å². The van der Waals surface area contributed by atoms with E-state index < -0.39 is 21.1 Å². The van der Waals surface area contributed by atoms with Crippen LogP contribution in [0.3, 0.4) is 0 Å². The molecule has 0 rings (SSSR count). The second-order valence-electron chi connectivity index (χ2n) is 3.19. The van der Waals surface area contributed by atoms with Crippen LogP contribution in [0.4, 0.5) is 0 Å². The molecular formula is C10H14Br2O6. The molecule has 0 aromatic heterocycles. The lowest BCUT2D eigenvalue weighted by Gasteiger charge is -2.17.